The van der Waals surface area contributed by atoms with Crippen molar-refractivity contribution >= 4 is 66.9 Å². The number of benzene rings is 2. The summed E-state index contributed by atoms with van der Waals surface area (Å²) in [6, 6.07) is 14.9. The Morgan fingerprint density at radius 2 is 1.74 bits per heavy atom. The minimum atomic E-state index is -1.36. The molecular formula is C24H28BrN5O3S2. The van der Waals surface area contributed by atoms with Crippen LogP contribution in [0.2, 0.25) is 0 Å². The highest BCUT2D eigenvalue weighted by molar-refractivity contribution is 9.10. The number of aromatic nitrogens is 2. The van der Waals surface area contributed by atoms with Crippen molar-refractivity contribution in [1.29, 1.82) is 0 Å². The topological polar surface area (TPSA) is 105 Å². The van der Waals surface area contributed by atoms with Gasteiger partial charge in [0.25, 0.3) is 5.56 Å². The van der Waals surface area contributed by atoms with Crippen molar-refractivity contribution in [3.05, 3.63) is 74.6 Å². The van der Waals surface area contributed by atoms with Crippen LogP contribution in [0.15, 0.2) is 68.3 Å². The molecule has 4 rings (SSSR count). The van der Waals surface area contributed by atoms with Crippen LogP contribution in [-0.4, -0.2) is 34.3 Å². The molecule has 0 aliphatic carbocycles. The SMILES string of the molecule is CC.CNc1ccc(-n2cnc3cc(NC)c(Br)cc3c2=O)cc1.Cc1ccc(S(=O)NC=O)s1. The van der Waals surface area contributed by atoms with Crippen LogP contribution < -0.4 is 20.9 Å². The maximum atomic E-state index is 12.7. The lowest BCUT2D eigenvalue weighted by Crippen LogP contribution is -2.19. The molecule has 1 unspecified atom stereocenters. The molecule has 0 aliphatic heterocycles. The molecule has 0 radical (unpaired) electrons. The van der Waals surface area contributed by atoms with E-state index in [-0.39, 0.29) is 5.56 Å². The number of carbonyl (C=O) groups excluding carboxylic acids is 1. The number of nitrogens with one attached hydrogen (secondary N) is 3. The summed E-state index contributed by atoms with van der Waals surface area (Å²) in [7, 11) is 2.32. The lowest BCUT2D eigenvalue weighted by Gasteiger charge is -2.09. The standard InChI is InChI=1S/C16H15BrN4O.C6H7NO2S2.C2H6/c1-18-10-3-5-11(6-4-10)21-9-20-14-8-15(19-2)13(17)7-12(14)16(21)22;1-5-2-3-6(10-5)11(9)7-4-8;1-2/h3-9,18-19H,1-2H3;2-4H,1H3,(H,7,8);1-2H3. The number of fused-ring (bicyclic) bond motifs is 1. The molecule has 1 amide bonds. The highest BCUT2D eigenvalue weighted by Crippen LogP contribution is 2.26. The lowest BCUT2D eigenvalue weighted by molar-refractivity contribution is -0.108. The van der Waals surface area contributed by atoms with Crippen LogP contribution in [0.25, 0.3) is 16.6 Å². The van der Waals surface area contributed by atoms with Gasteiger partial charge in [-0.15, -0.1) is 11.3 Å². The fraction of sp³-hybridized carbons (Fsp3) is 0.208. The summed E-state index contributed by atoms with van der Waals surface area (Å²) in [5, 5.41) is 6.69. The van der Waals surface area contributed by atoms with Crippen molar-refractivity contribution in [1.82, 2.24) is 14.3 Å². The molecule has 3 N–H and O–H groups in total. The van der Waals surface area contributed by atoms with Gasteiger partial charge in [-0.25, -0.2) is 9.19 Å². The van der Waals surface area contributed by atoms with Gasteiger partial charge in [-0.05, 0) is 71.4 Å². The Morgan fingerprint density at radius 1 is 1.06 bits per heavy atom. The van der Waals surface area contributed by atoms with Crippen molar-refractivity contribution in [2.75, 3.05) is 24.7 Å². The first-order valence-corrected chi connectivity index (χ1v) is 13.5. The number of rotatable bonds is 6. The number of aryl methyl sites for hydroxylation is 1. The van der Waals surface area contributed by atoms with E-state index in [4.69, 9.17) is 0 Å². The van der Waals surface area contributed by atoms with Crippen LogP contribution in [0, 0.1) is 6.92 Å². The highest BCUT2D eigenvalue weighted by Gasteiger charge is 2.09. The molecule has 0 saturated carbocycles. The molecule has 0 aliphatic rings. The van der Waals surface area contributed by atoms with E-state index in [1.54, 1.807) is 23.0 Å². The number of carbonyl (C=O) groups is 1. The van der Waals surface area contributed by atoms with E-state index in [1.807, 2.05) is 71.3 Å². The Hall–Kier alpha value is -3.02. The van der Waals surface area contributed by atoms with Gasteiger partial charge in [-0.3, -0.25) is 18.9 Å². The van der Waals surface area contributed by atoms with Gasteiger partial charge in [-0.2, -0.15) is 0 Å². The minimum Gasteiger partial charge on any atom is -0.388 e. The molecule has 4 aromatic rings. The van der Waals surface area contributed by atoms with Crippen LogP contribution in [-0.2, 0) is 15.8 Å². The average molecular weight is 579 g/mol. The molecule has 2 heterocycles. The molecule has 11 heteroatoms. The molecule has 186 valence electrons. The van der Waals surface area contributed by atoms with Crippen LogP contribution in [0.1, 0.15) is 18.7 Å². The zero-order valence-electron chi connectivity index (χ0n) is 20.1. The van der Waals surface area contributed by atoms with Crippen molar-refractivity contribution in [2.45, 2.75) is 25.0 Å². The van der Waals surface area contributed by atoms with Gasteiger partial charge < -0.3 is 10.6 Å². The molecule has 1 atom stereocenters. The normalized spacial score (nSPS) is 10.8. The zero-order valence-corrected chi connectivity index (χ0v) is 23.3. The van der Waals surface area contributed by atoms with Crippen molar-refractivity contribution in [3.63, 3.8) is 0 Å². The molecule has 2 aromatic carbocycles. The average Bonchev–Trinajstić information content (AvgIpc) is 3.33. The maximum Gasteiger partial charge on any atom is 0.265 e. The number of nitrogens with zero attached hydrogens (tertiary/aromatic N) is 2. The third kappa shape index (κ3) is 7.23. The second-order valence-corrected chi connectivity index (χ2v) is 10.3. The van der Waals surface area contributed by atoms with E-state index < -0.39 is 11.0 Å². The van der Waals surface area contributed by atoms with Crippen molar-refractivity contribution in [2.24, 2.45) is 0 Å². The predicted octanol–water partition coefficient (Wildman–Crippen LogP) is 5.08. The number of hydrogen-bond donors (Lipinski definition) is 3. The Kier molecular flexibility index (Phi) is 11.1. The van der Waals surface area contributed by atoms with Gasteiger partial charge in [0, 0.05) is 29.1 Å². The molecule has 0 fully saturated rings. The summed E-state index contributed by atoms with van der Waals surface area (Å²) in [6.45, 7) is 5.92. The van der Waals surface area contributed by atoms with Crippen LogP contribution in [0.5, 0.6) is 0 Å². The fourth-order valence-electron chi connectivity index (χ4n) is 2.92. The molecular weight excluding hydrogens is 550 g/mol. The summed E-state index contributed by atoms with van der Waals surface area (Å²) in [6.07, 6.45) is 2.00. The number of amides is 1. The van der Waals surface area contributed by atoms with E-state index in [2.05, 4.69) is 36.3 Å². The summed E-state index contributed by atoms with van der Waals surface area (Å²) in [4.78, 5) is 28.1. The Balaban J connectivity index is 0.000000280. The summed E-state index contributed by atoms with van der Waals surface area (Å²) >= 11 is 4.88. The largest absolute Gasteiger partial charge is 0.388 e. The second-order valence-electron chi connectivity index (χ2n) is 6.69. The van der Waals surface area contributed by atoms with Crippen molar-refractivity contribution < 1.29 is 9.00 Å². The van der Waals surface area contributed by atoms with Gasteiger partial charge in [0.1, 0.15) is 10.5 Å². The molecule has 35 heavy (non-hydrogen) atoms. The van der Waals surface area contributed by atoms with E-state index in [1.165, 1.54) is 11.3 Å². The quantitative estimate of drug-likeness (QED) is 0.276. The molecule has 2 aromatic heterocycles. The van der Waals surface area contributed by atoms with Gasteiger partial charge in [0.15, 0.2) is 11.0 Å². The first kappa shape index (κ1) is 28.2. The third-order valence-electron chi connectivity index (χ3n) is 4.60. The van der Waals surface area contributed by atoms with Gasteiger partial charge in [-0.1, -0.05) is 13.8 Å². The third-order valence-corrected chi connectivity index (χ3v) is 7.57. The van der Waals surface area contributed by atoms with Gasteiger partial charge in [0.05, 0.1) is 22.3 Å². The van der Waals surface area contributed by atoms with Crippen LogP contribution >= 0.6 is 27.3 Å². The Morgan fingerprint density at radius 3 is 2.29 bits per heavy atom. The first-order valence-electron chi connectivity index (χ1n) is 10.7. The van der Waals surface area contributed by atoms with E-state index in [0.717, 1.165) is 26.4 Å². The number of halogens is 1. The van der Waals surface area contributed by atoms with E-state index in [9.17, 15) is 13.8 Å². The predicted molar refractivity (Wildman–Crippen MR) is 150 cm³/mol. The van der Waals surface area contributed by atoms with E-state index >= 15 is 0 Å². The molecule has 0 saturated heterocycles. The molecule has 0 bridgehead atoms. The number of hydrogen-bond acceptors (Lipinski definition) is 7. The summed E-state index contributed by atoms with van der Waals surface area (Å²) < 4.78 is 16.3. The monoisotopic (exact) mass is 577 g/mol. The summed E-state index contributed by atoms with van der Waals surface area (Å²) in [5.41, 5.74) is 3.25. The Bertz CT molecular complexity index is 1350. The fourth-order valence-corrected chi connectivity index (χ4v) is 5.29. The lowest BCUT2D eigenvalue weighted by atomic mass is 10.2. The van der Waals surface area contributed by atoms with Gasteiger partial charge >= 0.3 is 0 Å². The summed E-state index contributed by atoms with van der Waals surface area (Å²) in [5.74, 6) is 0. The first-order chi connectivity index (χ1) is 16.9. The molecule has 8 nitrogen and oxygen atoms in total. The van der Waals surface area contributed by atoms with Crippen molar-refractivity contribution in [3.8, 4) is 5.69 Å². The number of thiophene rings is 1. The zero-order chi connectivity index (χ0) is 26.0. The number of anilines is 2. The highest BCUT2D eigenvalue weighted by atomic mass is 79.9. The van der Waals surface area contributed by atoms with Crippen LogP contribution in [0.3, 0.4) is 0 Å². The smallest absolute Gasteiger partial charge is 0.265 e. The van der Waals surface area contributed by atoms with E-state index in [0.29, 0.717) is 21.5 Å². The molecule has 0 spiro atoms. The van der Waals surface area contributed by atoms with Crippen LogP contribution in [0.4, 0.5) is 11.4 Å². The second kappa shape index (κ2) is 13.8. The van der Waals surface area contributed by atoms with Gasteiger partial charge in [0.2, 0.25) is 6.41 Å². The maximum absolute atomic E-state index is 12.7. The minimum absolute atomic E-state index is 0.0921. The Labute approximate surface area is 219 Å².